The number of halogens is 2. The summed E-state index contributed by atoms with van der Waals surface area (Å²) in [6, 6.07) is 14.8. The predicted octanol–water partition coefficient (Wildman–Crippen LogP) is 2.07. The molecule has 2 amide bonds. The van der Waals surface area contributed by atoms with E-state index in [1.807, 2.05) is 24.3 Å². The molecular formula is C26H33Cl2N5O4. The summed E-state index contributed by atoms with van der Waals surface area (Å²) < 4.78 is 0. The second-order valence-corrected chi connectivity index (χ2v) is 9.49. The molecule has 0 atom stereocenters. The van der Waals surface area contributed by atoms with Crippen LogP contribution in [0.1, 0.15) is 47.9 Å². The largest absolute Gasteiger partial charge is 0.480 e. The van der Waals surface area contributed by atoms with Crippen molar-refractivity contribution in [1.29, 1.82) is 5.41 Å². The molecule has 2 aromatic carbocycles. The number of nitrogens with one attached hydrogen (secondary N) is 4. The highest BCUT2D eigenvalue weighted by molar-refractivity contribution is 5.96. The minimum Gasteiger partial charge on any atom is -0.480 e. The van der Waals surface area contributed by atoms with E-state index in [1.54, 1.807) is 24.3 Å². The summed E-state index contributed by atoms with van der Waals surface area (Å²) in [6.45, 7) is -0.0590. The van der Waals surface area contributed by atoms with Crippen LogP contribution in [0.15, 0.2) is 48.5 Å². The van der Waals surface area contributed by atoms with E-state index in [0.29, 0.717) is 31.2 Å². The predicted molar refractivity (Wildman–Crippen MR) is 145 cm³/mol. The Morgan fingerprint density at radius 1 is 0.892 bits per heavy atom. The number of amides is 2. The molecule has 0 aliphatic heterocycles. The van der Waals surface area contributed by atoms with E-state index in [-0.39, 0.29) is 55.6 Å². The molecule has 0 unspecified atom stereocenters. The van der Waals surface area contributed by atoms with Gasteiger partial charge in [-0.05, 0) is 29.5 Å². The second kappa shape index (κ2) is 12.4. The van der Waals surface area contributed by atoms with Crippen LogP contribution in [0.5, 0.6) is 0 Å². The molecule has 2 aromatic rings. The molecule has 37 heavy (non-hydrogen) atoms. The Hall–Kier alpha value is -3.14. The average molecular weight is 550 g/mol. The van der Waals surface area contributed by atoms with Gasteiger partial charge in [-0.15, -0.1) is 24.8 Å². The molecular weight excluding hydrogens is 517 g/mol. The van der Waals surface area contributed by atoms with Crippen LogP contribution in [0.3, 0.4) is 0 Å². The number of benzene rings is 2. The fourth-order valence-electron chi connectivity index (χ4n) is 5.12. The van der Waals surface area contributed by atoms with Gasteiger partial charge < -0.3 is 21.5 Å². The number of carbonyl (C=O) groups is 3. The lowest BCUT2D eigenvalue weighted by Gasteiger charge is -2.35. The van der Waals surface area contributed by atoms with Crippen LogP contribution >= 0.6 is 24.8 Å². The highest BCUT2D eigenvalue weighted by Gasteiger charge is 2.49. The van der Waals surface area contributed by atoms with E-state index in [1.165, 1.54) is 0 Å². The van der Waals surface area contributed by atoms with Crippen molar-refractivity contribution in [2.24, 2.45) is 5.73 Å². The molecule has 0 radical (unpaired) electrons. The van der Waals surface area contributed by atoms with Crippen LogP contribution in [-0.4, -0.2) is 46.3 Å². The Morgan fingerprint density at radius 2 is 1.46 bits per heavy atom. The van der Waals surface area contributed by atoms with Crippen molar-refractivity contribution in [3.05, 3.63) is 70.8 Å². The molecule has 0 saturated heterocycles. The molecule has 4 rings (SSSR count). The maximum Gasteiger partial charge on any atom is 0.317 e. The zero-order valence-electron chi connectivity index (χ0n) is 20.3. The number of nitrogens with two attached hydrogens (primary N) is 1. The lowest BCUT2D eigenvalue weighted by atomic mass is 9.89. The van der Waals surface area contributed by atoms with Crippen LogP contribution in [0.2, 0.25) is 0 Å². The number of fused-ring (bicyclic) bond motifs is 1. The molecule has 1 saturated carbocycles. The maximum atomic E-state index is 13.6. The fraction of sp³-hybridized carbons (Fsp3) is 0.385. The van der Waals surface area contributed by atoms with E-state index in [0.717, 1.165) is 29.5 Å². The molecule has 200 valence electrons. The highest BCUT2D eigenvalue weighted by Crippen LogP contribution is 2.34. The molecule has 2 aliphatic carbocycles. The van der Waals surface area contributed by atoms with E-state index < -0.39 is 17.0 Å². The van der Waals surface area contributed by atoms with Gasteiger partial charge in [-0.1, -0.05) is 61.4 Å². The van der Waals surface area contributed by atoms with E-state index in [4.69, 9.17) is 16.2 Å². The first-order valence-corrected chi connectivity index (χ1v) is 11.8. The lowest BCUT2D eigenvalue weighted by molar-refractivity contribution is -0.139. The number of aliphatic carboxylic acids is 1. The number of rotatable bonds is 9. The number of hydrogen-bond acceptors (Lipinski definition) is 5. The summed E-state index contributed by atoms with van der Waals surface area (Å²) in [5, 5.41) is 25.6. The van der Waals surface area contributed by atoms with Gasteiger partial charge in [-0.25, -0.2) is 0 Å². The zero-order valence-corrected chi connectivity index (χ0v) is 22.0. The molecule has 0 heterocycles. The van der Waals surface area contributed by atoms with Crippen molar-refractivity contribution < 1.29 is 19.5 Å². The van der Waals surface area contributed by atoms with Crippen molar-refractivity contribution in [2.75, 3.05) is 6.54 Å². The summed E-state index contributed by atoms with van der Waals surface area (Å²) in [6.07, 6.45) is 3.40. The van der Waals surface area contributed by atoms with Crippen LogP contribution in [0.4, 0.5) is 0 Å². The van der Waals surface area contributed by atoms with Crippen molar-refractivity contribution >= 4 is 48.4 Å². The minimum absolute atomic E-state index is 0. The molecule has 0 spiro atoms. The quantitative estimate of drug-likeness (QED) is 0.207. The molecule has 11 heteroatoms. The van der Waals surface area contributed by atoms with Gasteiger partial charge in [0.1, 0.15) is 11.4 Å². The average Bonchev–Trinajstić information content (AvgIpc) is 3.47. The number of hydrogen-bond donors (Lipinski definition) is 6. The van der Waals surface area contributed by atoms with Gasteiger partial charge in [0.2, 0.25) is 11.8 Å². The van der Waals surface area contributed by atoms with Gasteiger partial charge >= 0.3 is 5.97 Å². The van der Waals surface area contributed by atoms with Gasteiger partial charge in [-0.3, -0.25) is 25.1 Å². The van der Waals surface area contributed by atoms with Crippen LogP contribution in [0, 0.1) is 5.41 Å². The Balaban J connectivity index is 0.00000241. The molecule has 7 N–H and O–H groups in total. The van der Waals surface area contributed by atoms with Gasteiger partial charge in [0.15, 0.2) is 0 Å². The topological polar surface area (TPSA) is 157 Å². The van der Waals surface area contributed by atoms with Crippen molar-refractivity contribution in [2.45, 2.75) is 56.1 Å². The third-order valence-electron chi connectivity index (χ3n) is 7.08. The summed E-state index contributed by atoms with van der Waals surface area (Å²) in [7, 11) is 0. The smallest absolute Gasteiger partial charge is 0.317 e. The van der Waals surface area contributed by atoms with Gasteiger partial charge in [0.05, 0.1) is 12.1 Å². The molecule has 2 aliphatic rings. The number of carboxylic acid groups (broad SMARTS) is 1. The van der Waals surface area contributed by atoms with E-state index in [9.17, 15) is 14.4 Å². The number of carboxylic acids is 1. The molecule has 9 nitrogen and oxygen atoms in total. The summed E-state index contributed by atoms with van der Waals surface area (Å²) in [4.78, 5) is 38.4. The highest BCUT2D eigenvalue weighted by atomic mass is 35.5. The molecule has 1 fully saturated rings. The first-order chi connectivity index (χ1) is 16.7. The van der Waals surface area contributed by atoms with E-state index >= 15 is 0 Å². The normalized spacial score (nSPS) is 16.4. The first-order valence-electron chi connectivity index (χ1n) is 11.8. The second-order valence-electron chi connectivity index (χ2n) is 9.49. The minimum atomic E-state index is -1.17. The Kier molecular flexibility index (Phi) is 10.1. The van der Waals surface area contributed by atoms with Crippen molar-refractivity contribution in [1.82, 2.24) is 16.0 Å². The standard InChI is InChI=1S/C26H31N5O4.2ClH/c27-22(28)18-9-7-17(8-10-18)15-29-23(34)26(13-19-5-1-2-6-20(19)14-26)31-24(35)25(11-3-4-12-25)30-16-21(32)33;;/h1-2,5-10,30H,3-4,11-16H2,(H3,27,28)(H,29,34)(H,31,35)(H,32,33);2*1H. The maximum absolute atomic E-state index is 13.6. The summed E-state index contributed by atoms with van der Waals surface area (Å²) in [5.41, 5.74) is 6.81. The lowest BCUT2D eigenvalue weighted by Crippen LogP contribution is -2.66. The van der Waals surface area contributed by atoms with E-state index in [2.05, 4.69) is 16.0 Å². The number of carbonyl (C=O) groups excluding carboxylic acids is 2. The first kappa shape index (κ1) is 30.1. The monoisotopic (exact) mass is 549 g/mol. The summed E-state index contributed by atoms with van der Waals surface area (Å²) >= 11 is 0. The summed E-state index contributed by atoms with van der Waals surface area (Å²) in [5.74, 6) is -1.67. The van der Waals surface area contributed by atoms with Crippen LogP contribution < -0.4 is 21.7 Å². The number of amidine groups is 1. The molecule has 0 bridgehead atoms. The van der Waals surface area contributed by atoms with Gasteiger partial charge in [-0.2, -0.15) is 0 Å². The van der Waals surface area contributed by atoms with Crippen molar-refractivity contribution in [3.8, 4) is 0 Å². The van der Waals surface area contributed by atoms with Crippen LogP contribution in [0.25, 0.3) is 0 Å². The van der Waals surface area contributed by atoms with Crippen molar-refractivity contribution in [3.63, 3.8) is 0 Å². The Bertz CT molecular complexity index is 1120. The van der Waals surface area contributed by atoms with Gasteiger partial charge in [0, 0.05) is 24.9 Å². The third kappa shape index (κ3) is 6.60. The third-order valence-corrected chi connectivity index (χ3v) is 7.08. The molecule has 0 aromatic heterocycles. The SMILES string of the molecule is Cl.Cl.N=C(N)c1ccc(CNC(=O)C2(NC(=O)C3(NCC(=O)O)CCCC3)Cc3ccccc3C2)cc1. The van der Waals surface area contributed by atoms with Gasteiger partial charge in [0.25, 0.3) is 0 Å². The Labute approximate surface area is 228 Å². The Morgan fingerprint density at radius 3 is 1.97 bits per heavy atom. The van der Waals surface area contributed by atoms with Crippen LogP contribution in [-0.2, 0) is 33.8 Å². The zero-order chi connectivity index (χ0) is 25.1. The number of nitrogen functional groups attached to an aromatic ring is 1. The fourth-order valence-corrected chi connectivity index (χ4v) is 5.12.